The van der Waals surface area contributed by atoms with Gasteiger partial charge >= 0.3 is 0 Å². The van der Waals surface area contributed by atoms with Gasteiger partial charge in [-0.05, 0) is 79.0 Å². The number of amides is 1. The van der Waals surface area contributed by atoms with Crippen molar-refractivity contribution >= 4 is 5.91 Å². The number of allylic oxidation sites excluding steroid dienone is 1. The maximum absolute atomic E-state index is 11.8. The molecule has 0 bridgehead atoms. The van der Waals surface area contributed by atoms with Gasteiger partial charge in [0.05, 0.1) is 0 Å². The molecule has 154 valence electrons. The average molecular weight is 368 g/mol. The topological polar surface area (TPSA) is 35.6 Å². The van der Waals surface area contributed by atoms with E-state index in [2.05, 4.69) is 43.2 Å². The lowest BCUT2D eigenvalue weighted by atomic mass is 10.1. The molecule has 0 fully saturated rings. The van der Waals surface area contributed by atoms with Crippen LogP contribution < -0.4 is 5.32 Å². The van der Waals surface area contributed by atoms with Crippen molar-refractivity contribution in [1.29, 1.82) is 0 Å². The van der Waals surface area contributed by atoms with Gasteiger partial charge in [0.2, 0.25) is 5.91 Å². The Balaban J connectivity index is 3.42. The van der Waals surface area contributed by atoms with Gasteiger partial charge in [-0.25, -0.2) is 0 Å². The number of carbonyl (C=O) groups is 1. The SMILES string of the molecule is CCCCCCCCC/C=C/C(=O)NCCCN(C)CCCCN(C)C. The number of unbranched alkanes of at least 4 members (excludes halogenated alkanes) is 8. The summed E-state index contributed by atoms with van der Waals surface area (Å²) in [5.41, 5.74) is 0. The average Bonchev–Trinajstić information content (AvgIpc) is 2.61. The molecular weight excluding hydrogens is 322 g/mol. The van der Waals surface area contributed by atoms with Gasteiger partial charge in [-0.2, -0.15) is 0 Å². The van der Waals surface area contributed by atoms with Crippen LogP contribution in [0.1, 0.15) is 77.6 Å². The highest BCUT2D eigenvalue weighted by Crippen LogP contribution is 2.08. The van der Waals surface area contributed by atoms with Crippen LogP contribution in [0.5, 0.6) is 0 Å². The first-order valence-corrected chi connectivity index (χ1v) is 10.8. The Labute approximate surface area is 163 Å². The Bertz CT molecular complexity index is 342. The summed E-state index contributed by atoms with van der Waals surface area (Å²) in [6.07, 6.45) is 17.5. The number of hydrogen-bond acceptors (Lipinski definition) is 3. The molecule has 26 heavy (non-hydrogen) atoms. The van der Waals surface area contributed by atoms with Gasteiger partial charge in [0, 0.05) is 6.54 Å². The molecule has 0 radical (unpaired) electrons. The molecule has 0 aromatic rings. The molecule has 0 saturated carbocycles. The lowest BCUT2D eigenvalue weighted by molar-refractivity contribution is -0.116. The van der Waals surface area contributed by atoms with Crippen molar-refractivity contribution in [1.82, 2.24) is 15.1 Å². The Morgan fingerprint density at radius 2 is 1.42 bits per heavy atom. The van der Waals surface area contributed by atoms with Gasteiger partial charge in [-0.1, -0.05) is 51.5 Å². The summed E-state index contributed by atoms with van der Waals surface area (Å²) >= 11 is 0. The minimum atomic E-state index is 0.0570. The molecule has 0 aliphatic heterocycles. The molecule has 0 unspecified atom stereocenters. The summed E-state index contributed by atoms with van der Waals surface area (Å²) in [6, 6.07) is 0. The molecule has 1 N–H and O–H groups in total. The molecule has 0 heterocycles. The van der Waals surface area contributed by atoms with Crippen LogP contribution in [0.2, 0.25) is 0 Å². The van der Waals surface area contributed by atoms with Crippen LogP contribution in [-0.4, -0.2) is 63.0 Å². The van der Waals surface area contributed by atoms with E-state index in [9.17, 15) is 4.79 Å². The number of nitrogens with one attached hydrogen (secondary N) is 1. The molecule has 0 spiro atoms. The van der Waals surface area contributed by atoms with E-state index in [1.54, 1.807) is 6.08 Å². The maximum Gasteiger partial charge on any atom is 0.243 e. The Morgan fingerprint density at radius 3 is 2.12 bits per heavy atom. The van der Waals surface area contributed by atoms with E-state index in [1.165, 1.54) is 57.8 Å². The highest BCUT2D eigenvalue weighted by molar-refractivity contribution is 5.87. The summed E-state index contributed by atoms with van der Waals surface area (Å²) in [7, 11) is 6.41. The van der Waals surface area contributed by atoms with Crippen molar-refractivity contribution in [2.75, 3.05) is 47.3 Å². The Morgan fingerprint density at radius 1 is 0.808 bits per heavy atom. The van der Waals surface area contributed by atoms with Crippen molar-refractivity contribution < 1.29 is 4.79 Å². The van der Waals surface area contributed by atoms with Crippen molar-refractivity contribution in [3.05, 3.63) is 12.2 Å². The molecule has 0 aromatic carbocycles. The first-order chi connectivity index (χ1) is 12.6. The third kappa shape index (κ3) is 19.5. The predicted molar refractivity (Wildman–Crippen MR) is 115 cm³/mol. The fraction of sp³-hybridized carbons (Fsp3) is 0.864. The minimum Gasteiger partial charge on any atom is -0.353 e. The van der Waals surface area contributed by atoms with Gasteiger partial charge in [0.25, 0.3) is 0 Å². The number of rotatable bonds is 18. The second kappa shape index (κ2) is 18.9. The van der Waals surface area contributed by atoms with Gasteiger partial charge < -0.3 is 15.1 Å². The lowest BCUT2D eigenvalue weighted by Gasteiger charge is -2.17. The zero-order valence-corrected chi connectivity index (χ0v) is 18.1. The summed E-state index contributed by atoms with van der Waals surface area (Å²) in [4.78, 5) is 16.3. The summed E-state index contributed by atoms with van der Waals surface area (Å²) in [5, 5.41) is 2.99. The molecule has 4 nitrogen and oxygen atoms in total. The van der Waals surface area contributed by atoms with Crippen LogP contribution in [0, 0.1) is 0 Å². The molecule has 0 aromatic heterocycles. The van der Waals surface area contributed by atoms with Crippen molar-refractivity contribution in [3.8, 4) is 0 Å². The highest BCUT2D eigenvalue weighted by atomic mass is 16.1. The molecule has 0 saturated heterocycles. The second-order valence-electron chi connectivity index (χ2n) is 7.77. The van der Waals surface area contributed by atoms with E-state index in [0.29, 0.717) is 0 Å². The molecule has 0 aliphatic carbocycles. The second-order valence-corrected chi connectivity index (χ2v) is 7.77. The van der Waals surface area contributed by atoms with Gasteiger partial charge in [0.15, 0.2) is 0 Å². The van der Waals surface area contributed by atoms with Gasteiger partial charge in [-0.15, -0.1) is 0 Å². The number of carbonyl (C=O) groups excluding carboxylic acids is 1. The third-order valence-corrected chi connectivity index (χ3v) is 4.65. The number of nitrogens with zero attached hydrogens (tertiary/aromatic N) is 2. The van der Waals surface area contributed by atoms with Crippen LogP contribution in [-0.2, 0) is 4.79 Å². The van der Waals surface area contributed by atoms with Gasteiger partial charge in [0.1, 0.15) is 0 Å². The lowest BCUT2D eigenvalue weighted by Crippen LogP contribution is -2.27. The Kier molecular flexibility index (Phi) is 18.3. The van der Waals surface area contributed by atoms with Crippen LogP contribution in [0.15, 0.2) is 12.2 Å². The molecule has 0 rings (SSSR count). The zero-order chi connectivity index (χ0) is 19.5. The van der Waals surface area contributed by atoms with Crippen LogP contribution in [0.4, 0.5) is 0 Å². The first-order valence-electron chi connectivity index (χ1n) is 10.8. The minimum absolute atomic E-state index is 0.0570. The van der Waals surface area contributed by atoms with Gasteiger partial charge in [-0.3, -0.25) is 4.79 Å². The third-order valence-electron chi connectivity index (χ3n) is 4.65. The summed E-state index contributed by atoms with van der Waals surface area (Å²) in [6.45, 7) is 6.36. The van der Waals surface area contributed by atoms with E-state index in [1.807, 2.05) is 6.08 Å². The summed E-state index contributed by atoms with van der Waals surface area (Å²) < 4.78 is 0. The van der Waals surface area contributed by atoms with Crippen LogP contribution in [0.25, 0.3) is 0 Å². The summed E-state index contributed by atoms with van der Waals surface area (Å²) in [5.74, 6) is 0.0570. The Hall–Kier alpha value is -0.870. The smallest absolute Gasteiger partial charge is 0.243 e. The van der Waals surface area contributed by atoms with Crippen LogP contribution >= 0.6 is 0 Å². The van der Waals surface area contributed by atoms with Crippen molar-refractivity contribution in [2.24, 2.45) is 0 Å². The first kappa shape index (κ1) is 25.1. The zero-order valence-electron chi connectivity index (χ0n) is 18.1. The quantitative estimate of drug-likeness (QED) is 0.287. The fourth-order valence-electron chi connectivity index (χ4n) is 2.95. The molecule has 4 heteroatoms. The molecule has 1 amide bonds. The molecular formula is C22H45N3O. The largest absolute Gasteiger partial charge is 0.353 e. The van der Waals surface area contributed by atoms with Crippen molar-refractivity contribution in [3.63, 3.8) is 0 Å². The standard InChI is InChI=1S/C22H45N3O/c1-5-6-7-8-9-10-11-12-13-17-22(26)23-18-16-21-25(4)20-15-14-19-24(2)3/h13,17H,5-12,14-16,18-21H2,1-4H3,(H,23,26)/b17-13+. The van der Waals surface area contributed by atoms with E-state index >= 15 is 0 Å². The van der Waals surface area contributed by atoms with E-state index in [0.717, 1.165) is 39.0 Å². The number of hydrogen-bond donors (Lipinski definition) is 1. The predicted octanol–water partition coefficient (Wildman–Crippen LogP) is 4.46. The molecule has 0 aliphatic rings. The highest BCUT2D eigenvalue weighted by Gasteiger charge is 2.00. The van der Waals surface area contributed by atoms with Crippen molar-refractivity contribution in [2.45, 2.75) is 77.6 Å². The normalized spacial score (nSPS) is 11.8. The monoisotopic (exact) mass is 367 g/mol. The fourth-order valence-corrected chi connectivity index (χ4v) is 2.95. The van der Waals surface area contributed by atoms with E-state index in [-0.39, 0.29) is 5.91 Å². The maximum atomic E-state index is 11.8. The van der Waals surface area contributed by atoms with E-state index < -0.39 is 0 Å². The van der Waals surface area contributed by atoms with E-state index in [4.69, 9.17) is 0 Å². The molecule has 0 atom stereocenters. The van der Waals surface area contributed by atoms with Crippen LogP contribution in [0.3, 0.4) is 0 Å².